The summed E-state index contributed by atoms with van der Waals surface area (Å²) in [5.41, 5.74) is 8.21. The molecule has 0 aliphatic carbocycles. The number of carbonyl (C=O) groups excluding carboxylic acids is 1. The molecule has 138 valence electrons. The number of carbonyl (C=O) groups is 1. The fourth-order valence-electron chi connectivity index (χ4n) is 2.91. The molecule has 1 aromatic heterocycles. The Kier molecular flexibility index (Phi) is 6.20. The van der Waals surface area contributed by atoms with Crippen molar-refractivity contribution in [2.45, 2.75) is 45.5 Å². The number of aromatic nitrogens is 1. The van der Waals surface area contributed by atoms with Crippen molar-refractivity contribution in [3.63, 3.8) is 0 Å². The van der Waals surface area contributed by atoms with Gasteiger partial charge in [-0.25, -0.2) is 10.4 Å². The summed E-state index contributed by atoms with van der Waals surface area (Å²) in [7, 11) is 0. The van der Waals surface area contributed by atoms with Gasteiger partial charge in [0.1, 0.15) is 12.6 Å². The van der Waals surface area contributed by atoms with Gasteiger partial charge in [0.25, 0.3) is 0 Å². The van der Waals surface area contributed by atoms with Crippen LogP contribution < -0.4 is 20.9 Å². The molecule has 1 aromatic carbocycles. The zero-order valence-corrected chi connectivity index (χ0v) is 15.2. The maximum Gasteiger partial charge on any atom is 0.238 e. The Morgan fingerprint density at radius 2 is 2.04 bits per heavy atom. The first-order chi connectivity index (χ1) is 12.6. The van der Waals surface area contributed by atoms with Gasteiger partial charge in [-0.15, -0.1) is 0 Å². The Labute approximate surface area is 154 Å². The number of hydrazine groups is 1. The summed E-state index contributed by atoms with van der Waals surface area (Å²) < 4.78 is 5.84. The lowest BCUT2D eigenvalue weighted by molar-refractivity contribution is -0.123. The molecule has 2 atom stereocenters. The largest absolute Gasteiger partial charge is 0.473 e. The average molecular weight is 354 g/mol. The zero-order valence-electron chi connectivity index (χ0n) is 15.2. The van der Waals surface area contributed by atoms with E-state index >= 15 is 0 Å². The number of nitrogens with zero attached hydrogens (tertiary/aromatic N) is 1. The van der Waals surface area contributed by atoms with Gasteiger partial charge < -0.3 is 10.1 Å². The highest BCUT2D eigenvalue weighted by atomic mass is 16.5. The molecule has 26 heavy (non-hydrogen) atoms. The van der Waals surface area contributed by atoms with Gasteiger partial charge in [0.2, 0.25) is 11.8 Å². The number of amides is 1. The third kappa shape index (κ3) is 4.80. The molecule has 3 N–H and O–H groups in total. The highest BCUT2D eigenvalue weighted by Crippen LogP contribution is 2.17. The predicted octanol–water partition coefficient (Wildman–Crippen LogP) is 2.17. The van der Waals surface area contributed by atoms with E-state index < -0.39 is 0 Å². The van der Waals surface area contributed by atoms with Crippen LogP contribution in [0.25, 0.3) is 0 Å². The number of pyridine rings is 1. The number of rotatable bonds is 7. The fraction of sp³-hybridized carbons (Fsp3) is 0.400. The van der Waals surface area contributed by atoms with Crippen LogP contribution in [0, 0.1) is 5.92 Å². The topological polar surface area (TPSA) is 75.3 Å². The number of hydrogen-bond acceptors (Lipinski definition) is 5. The van der Waals surface area contributed by atoms with E-state index in [1.165, 1.54) is 0 Å². The molecular weight excluding hydrogens is 328 g/mol. The van der Waals surface area contributed by atoms with Crippen molar-refractivity contribution in [1.82, 2.24) is 21.2 Å². The first-order valence-electron chi connectivity index (χ1n) is 9.03. The van der Waals surface area contributed by atoms with Gasteiger partial charge in [0, 0.05) is 24.3 Å². The molecule has 2 unspecified atom stereocenters. The summed E-state index contributed by atoms with van der Waals surface area (Å²) in [5.74, 6) is 1.02. The molecule has 0 radical (unpaired) electrons. The molecule has 0 saturated carbocycles. The molecule has 1 saturated heterocycles. The first-order valence-corrected chi connectivity index (χ1v) is 9.03. The molecule has 6 heteroatoms. The van der Waals surface area contributed by atoms with Crippen molar-refractivity contribution in [3.8, 4) is 5.88 Å². The van der Waals surface area contributed by atoms with Crippen LogP contribution in [0.1, 0.15) is 31.4 Å². The lowest BCUT2D eigenvalue weighted by Gasteiger charge is -2.14. The van der Waals surface area contributed by atoms with Crippen LogP contribution in [0.3, 0.4) is 0 Å². The SMILES string of the molecule is CC(C)C1CC(C(=O)NCc2cccnc2OCc2ccccc2)NN1. The minimum Gasteiger partial charge on any atom is -0.473 e. The number of nitrogens with one attached hydrogen (secondary N) is 3. The molecule has 3 rings (SSSR count). The van der Waals surface area contributed by atoms with Crippen LogP contribution in [-0.2, 0) is 17.9 Å². The number of ether oxygens (including phenoxy) is 1. The second kappa shape index (κ2) is 8.78. The summed E-state index contributed by atoms with van der Waals surface area (Å²) in [4.78, 5) is 16.7. The average Bonchev–Trinajstić information content (AvgIpc) is 3.16. The van der Waals surface area contributed by atoms with Crippen molar-refractivity contribution in [1.29, 1.82) is 0 Å². The smallest absolute Gasteiger partial charge is 0.238 e. The lowest BCUT2D eigenvalue weighted by Crippen LogP contribution is -2.43. The van der Waals surface area contributed by atoms with E-state index in [0.717, 1.165) is 17.5 Å². The first kappa shape index (κ1) is 18.4. The van der Waals surface area contributed by atoms with E-state index in [4.69, 9.17) is 4.74 Å². The quantitative estimate of drug-likeness (QED) is 0.710. The molecule has 1 amide bonds. The normalized spacial score (nSPS) is 19.5. The van der Waals surface area contributed by atoms with Crippen LogP contribution in [0.5, 0.6) is 5.88 Å². The van der Waals surface area contributed by atoms with Crippen LogP contribution >= 0.6 is 0 Å². The van der Waals surface area contributed by atoms with Crippen molar-refractivity contribution < 1.29 is 9.53 Å². The molecule has 6 nitrogen and oxygen atoms in total. The van der Waals surface area contributed by atoms with Crippen molar-refractivity contribution in [3.05, 3.63) is 59.8 Å². The second-order valence-electron chi connectivity index (χ2n) is 6.89. The maximum atomic E-state index is 12.4. The van der Waals surface area contributed by atoms with Gasteiger partial charge in [-0.1, -0.05) is 50.2 Å². The minimum atomic E-state index is -0.215. The summed E-state index contributed by atoms with van der Waals surface area (Å²) in [6.07, 6.45) is 2.48. The number of benzene rings is 1. The molecule has 0 spiro atoms. The molecule has 1 aliphatic heterocycles. The Morgan fingerprint density at radius 1 is 1.23 bits per heavy atom. The molecule has 2 aromatic rings. The van der Waals surface area contributed by atoms with Crippen LogP contribution in [0.4, 0.5) is 0 Å². The van der Waals surface area contributed by atoms with Gasteiger partial charge in [-0.05, 0) is 24.0 Å². The third-order valence-electron chi connectivity index (χ3n) is 4.58. The van der Waals surface area contributed by atoms with E-state index in [2.05, 4.69) is 35.0 Å². The Hall–Kier alpha value is -2.44. The van der Waals surface area contributed by atoms with E-state index in [-0.39, 0.29) is 11.9 Å². The van der Waals surface area contributed by atoms with Crippen molar-refractivity contribution in [2.75, 3.05) is 0 Å². The van der Waals surface area contributed by atoms with Crippen LogP contribution in [-0.4, -0.2) is 23.0 Å². The van der Waals surface area contributed by atoms with Crippen molar-refractivity contribution >= 4 is 5.91 Å². The van der Waals surface area contributed by atoms with Gasteiger partial charge in [-0.3, -0.25) is 10.2 Å². The second-order valence-corrected chi connectivity index (χ2v) is 6.89. The monoisotopic (exact) mass is 354 g/mol. The van der Waals surface area contributed by atoms with Gasteiger partial charge in [0.15, 0.2) is 0 Å². The summed E-state index contributed by atoms with van der Waals surface area (Å²) in [5, 5.41) is 2.98. The van der Waals surface area contributed by atoms with Crippen LogP contribution in [0.2, 0.25) is 0 Å². The van der Waals surface area contributed by atoms with Gasteiger partial charge in [0.05, 0.1) is 0 Å². The third-order valence-corrected chi connectivity index (χ3v) is 4.58. The predicted molar refractivity (Wildman–Crippen MR) is 100 cm³/mol. The molecule has 1 aliphatic rings. The highest BCUT2D eigenvalue weighted by Gasteiger charge is 2.30. The van der Waals surface area contributed by atoms with Crippen molar-refractivity contribution in [2.24, 2.45) is 5.92 Å². The van der Waals surface area contributed by atoms with E-state index in [1.54, 1.807) is 6.20 Å². The summed E-state index contributed by atoms with van der Waals surface area (Å²) in [6.45, 7) is 5.13. The number of hydrogen-bond donors (Lipinski definition) is 3. The summed E-state index contributed by atoms with van der Waals surface area (Å²) in [6, 6.07) is 13.8. The van der Waals surface area contributed by atoms with Gasteiger partial charge in [-0.2, -0.15) is 0 Å². The Bertz CT molecular complexity index is 721. The summed E-state index contributed by atoms with van der Waals surface area (Å²) >= 11 is 0. The van der Waals surface area contributed by atoms with Gasteiger partial charge >= 0.3 is 0 Å². The lowest BCUT2D eigenvalue weighted by atomic mass is 9.99. The Balaban J connectivity index is 1.54. The minimum absolute atomic E-state index is 0.0153. The highest BCUT2D eigenvalue weighted by molar-refractivity contribution is 5.82. The van der Waals surface area contributed by atoms with E-state index in [9.17, 15) is 4.79 Å². The molecule has 0 bridgehead atoms. The molecule has 1 fully saturated rings. The maximum absolute atomic E-state index is 12.4. The fourth-order valence-corrected chi connectivity index (χ4v) is 2.91. The van der Waals surface area contributed by atoms with E-state index in [0.29, 0.717) is 31.0 Å². The van der Waals surface area contributed by atoms with E-state index in [1.807, 2.05) is 42.5 Å². The Morgan fingerprint density at radius 3 is 2.77 bits per heavy atom. The molecular formula is C20H26N4O2. The standard InChI is InChI=1S/C20H26N4O2/c1-14(2)17-11-18(24-23-17)19(25)22-12-16-9-6-10-21-20(16)26-13-15-7-4-3-5-8-15/h3-10,14,17-18,23-24H,11-13H2,1-2H3,(H,22,25). The zero-order chi connectivity index (χ0) is 18.4. The molecule has 2 heterocycles. The van der Waals surface area contributed by atoms with Crippen LogP contribution in [0.15, 0.2) is 48.7 Å².